The van der Waals surface area contributed by atoms with Crippen molar-refractivity contribution in [2.75, 3.05) is 13.1 Å². The summed E-state index contributed by atoms with van der Waals surface area (Å²) >= 11 is 0. The van der Waals surface area contributed by atoms with Crippen molar-refractivity contribution in [1.82, 2.24) is 14.9 Å². The van der Waals surface area contributed by atoms with Gasteiger partial charge in [0.15, 0.2) is 0 Å². The molecule has 0 spiro atoms. The van der Waals surface area contributed by atoms with Crippen molar-refractivity contribution < 1.29 is 9.90 Å². The number of hydrogen-bond acceptors (Lipinski definition) is 4. The van der Waals surface area contributed by atoms with Gasteiger partial charge in [0.05, 0.1) is 11.6 Å². The predicted octanol–water partition coefficient (Wildman–Crippen LogP) is 2.65. The van der Waals surface area contributed by atoms with Crippen LogP contribution in [0.2, 0.25) is 0 Å². The van der Waals surface area contributed by atoms with E-state index in [0.717, 1.165) is 43.7 Å². The number of rotatable bonds is 3. The van der Waals surface area contributed by atoms with E-state index in [-0.39, 0.29) is 5.92 Å². The van der Waals surface area contributed by atoms with Crippen molar-refractivity contribution in [3.8, 4) is 0 Å². The highest BCUT2D eigenvalue weighted by Gasteiger charge is 2.37. The van der Waals surface area contributed by atoms with Crippen LogP contribution in [0.15, 0.2) is 42.9 Å². The van der Waals surface area contributed by atoms with Crippen LogP contribution in [0.25, 0.3) is 0 Å². The Hall–Kier alpha value is -2.27. The molecule has 2 aliphatic rings. The molecule has 2 bridgehead atoms. The van der Waals surface area contributed by atoms with Crippen LogP contribution in [-0.2, 0) is 11.3 Å². The number of carboxylic acid groups (broad SMARTS) is 1. The van der Waals surface area contributed by atoms with Crippen LogP contribution in [0.4, 0.5) is 0 Å². The predicted molar refractivity (Wildman–Crippen MR) is 89.6 cm³/mol. The van der Waals surface area contributed by atoms with Gasteiger partial charge in [-0.25, -0.2) is 0 Å². The molecule has 1 aromatic carbocycles. The van der Waals surface area contributed by atoms with E-state index < -0.39 is 5.97 Å². The molecular weight excluding hydrogens is 302 g/mol. The number of nitrogens with zero attached hydrogens (tertiary/aromatic N) is 3. The standard InChI is InChI=1S/C19H21N3O2/c23-19(24)18-8-13-7-14(16-3-1-2-4-17(16)18)11-22(10-13)12-15-9-20-5-6-21-15/h1-6,9,13-14,18H,7-8,10-12H2,(H,23,24)/t13-,14-,18+/m1/s1. The van der Waals surface area contributed by atoms with Gasteiger partial charge in [0.25, 0.3) is 0 Å². The normalized spacial score (nSPS) is 26.4. The van der Waals surface area contributed by atoms with Crippen molar-refractivity contribution in [2.24, 2.45) is 5.92 Å². The van der Waals surface area contributed by atoms with Crippen molar-refractivity contribution in [3.63, 3.8) is 0 Å². The summed E-state index contributed by atoms with van der Waals surface area (Å²) < 4.78 is 0. The molecule has 1 aliphatic carbocycles. The van der Waals surface area contributed by atoms with Crippen LogP contribution in [0.5, 0.6) is 0 Å². The summed E-state index contributed by atoms with van der Waals surface area (Å²) in [6.07, 6.45) is 7.03. The van der Waals surface area contributed by atoms with Crippen molar-refractivity contribution in [2.45, 2.75) is 31.2 Å². The lowest BCUT2D eigenvalue weighted by molar-refractivity contribution is -0.139. The molecule has 1 aromatic heterocycles. The van der Waals surface area contributed by atoms with Gasteiger partial charge < -0.3 is 5.11 Å². The first-order valence-electron chi connectivity index (χ1n) is 8.49. The summed E-state index contributed by atoms with van der Waals surface area (Å²) in [5.74, 6) is -0.266. The molecule has 124 valence electrons. The van der Waals surface area contributed by atoms with Gasteiger partial charge in [0, 0.05) is 38.2 Å². The molecule has 1 N–H and O–H groups in total. The molecule has 0 saturated carbocycles. The van der Waals surface area contributed by atoms with Crippen molar-refractivity contribution >= 4 is 5.97 Å². The molecule has 5 heteroatoms. The Labute approximate surface area is 141 Å². The summed E-state index contributed by atoms with van der Waals surface area (Å²) in [5.41, 5.74) is 3.20. The lowest BCUT2D eigenvalue weighted by Gasteiger charge is -2.36. The number of piperidine rings is 1. The highest BCUT2D eigenvalue weighted by atomic mass is 16.4. The topological polar surface area (TPSA) is 66.3 Å². The molecule has 1 aliphatic heterocycles. The van der Waals surface area contributed by atoms with Crippen LogP contribution in [0, 0.1) is 5.92 Å². The van der Waals surface area contributed by atoms with Crippen LogP contribution in [-0.4, -0.2) is 39.0 Å². The average molecular weight is 323 g/mol. The first kappa shape index (κ1) is 15.3. The maximum Gasteiger partial charge on any atom is 0.310 e. The lowest BCUT2D eigenvalue weighted by Crippen LogP contribution is -2.38. The van der Waals surface area contributed by atoms with E-state index >= 15 is 0 Å². The fourth-order valence-electron chi connectivity index (χ4n) is 4.36. The highest BCUT2D eigenvalue weighted by Crippen LogP contribution is 2.43. The number of aliphatic carboxylic acids is 1. The second-order valence-corrected chi connectivity index (χ2v) is 6.94. The van der Waals surface area contributed by atoms with Gasteiger partial charge in [0.1, 0.15) is 0 Å². The number of aromatic nitrogens is 2. The summed E-state index contributed by atoms with van der Waals surface area (Å²) in [7, 11) is 0. The number of hydrogen-bond donors (Lipinski definition) is 1. The van der Waals surface area contributed by atoms with Crippen LogP contribution < -0.4 is 0 Å². The number of fused-ring (bicyclic) bond motifs is 4. The highest BCUT2D eigenvalue weighted by molar-refractivity contribution is 5.77. The second-order valence-electron chi connectivity index (χ2n) is 6.94. The summed E-state index contributed by atoms with van der Waals surface area (Å²) in [6.45, 7) is 2.67. The van der Waals surface area contributed by atoms with Crippen LogP contribution >= 0.6 is 0 Å². The fraction of sp³-hybridized carbons (Fsp3) is 0.421. The second kappa shape index (κ2) is 6.32. The smallest absolute Gasteiger partial charge is 0.310 e. The average Bonchev–Trinajstić information content (AvgIpc) is 2.71. The van der Waals surface area contributed by atoms with E-state index in [2.05, 4.69) is 20.9 Å². The zero-order valence-electron chi connectivity index (χ0n) is 13.5. The summed E-state index contributed by atoms with van der Waals surface area (Å²) in [4.78, 5) is 22.7. The van der Waals surface area contributed by atoms with E-state index in [1.165, 1.54) is 5.56 Å². The Bertz CT molecular complexity index is 734. The van der Waals surface area contributed by atoms with Gasteiger partial charge >= 0.3 is 5.97 Å². The summed E-state index contributed by atoms with van der Waals surface area (Å²) in [5, 5.41) is 9.70. The van der Waals surface area contributed by atoms with Gasteiger partial charge in [-0.15, -0.1) is 0 Å². The third-order valence-corrected chi connectivity index (χ3v) is 5.29. The maximum atomic E-state index is 11.8. The molecule has 2 aromatic rings. The Morgan fingerprint density at radius 1 is 1.17 bits per heavy atom. The molecule has 3 atom stereocenters. The number of carboxylic acids is 1. The molecule has 0 amide bonds. The first-order chi connectivity index (χ1) is 11.7. The third kappa shape index (κ3) is 2.91. The van der Waals surface area contributed by atoms with Gasteiger partial charge in [-0.2, -0.15) is 0 Å². The fourth-order valence-corrected chi connectivity index (χ4v) is 4.36. The number of likely N-dealkylation sites (tertiary alicyclic amines) is 1. The molecule has 24 heavy (non-hydrogen) atoms. The largest absolute Gasteiger partial charge is 0.481 e. The minimum atomic E-state index is -0.699. The van der Waals surface area contributed by atoms with Crippen LogP contribution in [0.3, 0.4) is 0 Å². The monoisotopic (exact) mass is 323 g/mol. The third-order valence-electron chi connectivity index (χ3n) is 5.29. The summed E-state index contributed by atoms with van der Waals surface area (Å²) in [6, 6.07) is 8.10. The quantitative estimate of drug-likeness (QED) is 0.940. The molecular formula is C19H21N3O2. The Morgan fingerprint density at radius 2 is 2.00 bits per heavy atom. The zero-order chi connectivity index (χ0) is 16.5. The van der Waals surface area contributed by atoms with E-state index in [9.17, 15) is 9.90 Å². The van der Waals surface area contributed by atoms with Gasteiger partial charge in [-0.05, 0) is 35.8 Å². The molecule has 2 heterocycles. The zero-order valence-corrected chi connectivity index (χ0v) is 13.5. The molecule has 0 radical (unpaired) electrons. The Morgan fingerprint density at radius 3 is 2.75 bits per heavy atom. The van der Waals surface area contributed by atoms with E-state index in [1.807, 2.05) is 24.4 Å². The number of benzene rings is 1. The maximum absolute atomic E-state index is 11.8. The Kier molecular flexibility index (Phi) is 4.02. The van der Waals surface area contributed by atoms with Crippen LogP contribution in [0.1, 0.15) is 41.5 Å². The Balaban J connectivity index is 1.63. The lowest BCUT2D eigenvalue weighted by atomic mass is 9.85. The van der Waals surface area contributed by atoms with Gasteiger partial charge in [-0.1, -0.05) is 24.3 Å². The van der Waals surface area contributed by atoms with E-state index in [1.54, 1.807) is 12.4 Å². The molecule has 1 fully saturated rings. The van der Waals surface area contributed by atoms with E-state index in [0.29, 0.717) is 11.8 Å². The van der Waals surface area contributed by atoms with Gasteiger partial charge in [0.2, 0.25) is 0 Å². The number of carbonyl (C=O) groups is 1. The van der Waals surface area contributed by atoms with Crippen molar-refractivity contribution in [3.05, 3.63) is 59.7 Å². The van der Waals surface area contributed by atoms with Gasteiger partial charge in [-0.3, -0.25) is 19.7 Å². The minimum Gasteiger partial charge on any atom is -0.481 e. The molecule has 1 saturated heterocycles. The van der Waals surface area contributed by atoms with Crippen molar-refractivity contribution in [1.29, 1.82) is 0 Å². The molecule has 0 unspecified atom stereocenters. The SMILES string of the molecule is O=C(O)[C@H]1C[C@H]2C[C@H](CN(Cc3cnccn3)C2)c2ccccc21. The van der Waals surface area contributed by atoms with E-state index in [4.69, 9.17) is 0 Å². The first-order valence-corrected chi connectivity index (χ1v) is 8.49. The molecule has 5 nitrogen and oxygen atoms in total. The molecule has 4 rings (SSSR count). The minimum absolute atomic E-state index is 0.382.